The number of rotatable bonds is 2. The number of fused-ring (bicyclic) bond motifs is 1. The molecule has 1 atom stereocenters. The Labute approximate surface area is 161 Å². The zero-order valence-corrected chi connectivity index (χ0v) is 16.9. The number of carbonyl (C=O) groups excluding carboxylic acids is 1. The number of nitrogens with zero attached hydrogens (tertiary/aromatic N) is 3. The Morgan fingerprint density at radius 3 is 2.67 bits per heavy atom. The molecule has 1 aliphatic heterocycles. The number of pyridine rings is 1. The van der Waals surface area contributed by atoms with Gasteiger partial charge in [0.1, 0.15) is 5.60 Å². The van der Waals surface area contributed by atoms with Gasteiger partial charge in [-0.15, -0.1) is 0 Å². The molecule has 1 aromatic heterocycles. The molecule has 3 rings (SSSR count). The van der Waals surface area contributed by atoms with Gasteiger partial charge in [-0.1, -0.05) is 13.8 Å². The van der Waals surface area contributed by atoms with Crippen LogP contribution in [0.5, 0.6) is 0 Å². The molecule has 1 saturated heterocycles. The van der Waals surface area contributed by atoms with E-state index in [4.69, 9.17) is 10.5 Å². The van der Waals surface area contributed by atoms with Crippen LogP contribution in [0.4, 0.5) is 16.2 Å². The van der Waals surface area contributed by atoms with Crippen LogP contribution in [0, 0.1) is 5.92 Å². The van der Waals surface area contributed by atoms with Crippen molar-refractivity contribution in [2.75, 3.05) is 30.3 Å². The molecular formula is C21H30N4O2. The van der Waals surface area contributed by atoms with Gasteiger partial charge < -0.3 is 20.3 Å². The van der Waals surface area contributed by atoms with E-state index in [9.17, 15) is 4.79 Å². The van der Waals surface area contributed by atoms with Crippen molar-refractivity contribution in [1.29, 1.82) is 0 Å². The van der Waals surface area contributed by atoms with Gasteiger partial charge in [0.25, 0.3) is 0 Å². The SMILES string of the molecule is CC(C)[C@@H]1CN(c2ccnc3ccc(N)cc23)CCN1C(=O)OC(C)(C)C. The molecule has 27 heavy (non-hydrogen) atoms. The number of hydrogen-bond acceptors (Lipinski definition) is 5. The van der Waals surface area contributed by atoms with Gasteiger partial charge in [-0.2, -0.15) is 0 Å². The second-order valence-corrected chi connectivity index (χ2v) is 8.54. The van der Waals surface area contributed by atoms with Crippen LogP contribution in [0.1, 0.15) is 34.6 Å². The van der Waals surface area contributed by atoms with E-state index in [1.807, 2.05) is 56.1 Å². The smallest absolute Gasteiger partial charge is 0.410 e. The predicted molar refractivity (Wildman–Crippen MR) is 110 cm³/mol. The molecule has 6 heteroatoms. The van der Waals surface area contributed by atoms with Gasteiger partial charge >= 0.3 is 6.09 Å². The fraction of sp³-hybridized carbons (Fsp3) is 0.524. The highest BCUT2D eigenvalue weighted by atomic mass is 16.6. The predicted octanol–water partition coefficient (Wildman–Crippen LogP) is 3.90. The first kappa shape index (κ1) is 19.3. The number of piperazine rings is 1. The number of nitrogens with two attached hydrogens (primary N) is 1. The lowest BCUT2D eigenvalue weighted by molar-refractivity contribution is 0.00885. The highest BCUT2D eigenvalue weighted by Gasteiger charge is 2.35. The number of benzene rings is 1. The fourth-order valence-electron chi connectivity index (χ4n) is 3.57. The third kappa shape index (κ3) is 4.26. The first-order valence-corrected chi connectivity index (χ1v) is 9.54. The molecule has 1 amide bonds. The standard InChI is InChI=1S/C21H30N4O2/c1-14(2)19-13-24(10-11-25(19)20(26)27-21(3,4)5)18-8-9-23-17-7-6-15(22)12-16(17)18/h6-9,12,14,19H,10-11,13,22H2,1-5H3/t19-/m0/s1. The van der Waals surface area contributed by atoms with Crippen molar-refractivity contribution < 1.29 is 9.53 Å². The largest absolute Gasteiger partial charge is 0.444 e. The maximum Gasteiger partial charge on any atom is 0.410 e. The zero-order valence-electron chi connectivity index (χ0n) is 16.9. The Kier molecular flexibility index (Phi) is 5.18. The summed E-state index contributed by atoms with van der Waals surface area (Å²) >= 11 is 0. The number of carbonyl (C=O) groups is 1. The van der Waals surface area contributed by atoms with E-state index in [2.05, 4.69) is 23.7 Å². The normalized spacial score (nSPS) is 18.2. The van der Waals surface area contributed by atoms with Crippen LogP contribution < -0.4 is 10.6 Å². The Balaban J connectivity index is 1.87. The quantitative estimate of drug-likeness (QED) is 0.812. The summed E-state index contributed by atoms with van der Waals surface area (Å²) in [5, 5.41) is 1.05. The highest BCUT2D eigenvalue weighted by Crippen LogP contribution is 2.30. The molecule has 2 aromatic rings. The van der Waals surface area contributed by atoms with Gasteiger partial charge in [-0.05, 0) is 51.0 Å². The third-order valence-corrected chi connectivity index (χ3v) is 4.90. The van der Waals surface area contributed by atoms with Crippen LogP contribution in [-0.2, 0) is 4.74 Å². The summed E-state index contributed by atoms with van der Waals surface area (Å²) in [5.74, 6) is 0.318. The fourth-order valence-corrected chi connectivity index (χ4v) is 3.57. The second kappa shape index (κ2) is 7.25. The van der Waals surface area contributed by atoms with Gasteiger partial charge in [-0.3, -0.25) is 4.98 Å². The molecule has 1 fully saturated rings. The van der Waals surface area contributed by atoms with Crippen molar-refractivity contribution in [3.8, 4) is 0 Å². The Morgan fingerprint density at radius 2 is 2.00 bits per heavy atom. The van der Waals surface area contributed by atoms with Crippen molar-refractivity contribution in [3.05, 3.63) is 30.5 Å². The van der Waals surface area contributed by atoms with Crippen LogP contribution in [0.2, 0.25) is 0 Å². The average Bonchev–Trinajstić information content (AvgIpc) is 2.59. The van der Waals surface area contributed by atoms with Crippen molar-refractivity contribution in [1.82, 2.24) is 9.88 Å². The van der Waals surface area contributed by atoms with E-state index in [1.54, 1.807) is 0 Å². The molecule has 0 radical (unpaired) electrons. The summed E-state index contributed by atoms with van der Waals surface area (Å²) in [5.41, 5.74) is 8.28. The van der Waals surface area contributed by atoms with Gasteiger partial charge in [0.2, 0.25) is 0 Å². The summed E-state index contributed by atoms with van der Waals surface area (Å²) in [6, 6.07) is 7.91. The van der Waals surface area contributed by atoms with E-state index in [0.29, 0.717) is 12.5 Å². The van der Waals surface area contributed by atoms with E-state index in [0.717, 1.165) is 35.4 Å². The van der Waals surface area contributed by atoms with Gasteiger partial charge in [0, 0.05) is 42.6 Å². The molecule has 2 heterocycles. The molecule has 1 aromatic carbocycles. The molecular weight excluding hydrogens is 340 g/mol. The number of aromatic nitrogens is 1. The van der Waals surface area contributed by atoms with E-state index in [-0.39, 0.29) is 12.1 Å². The lowest BCUT2D eigenvalue weighted by atomic mass is 9.99. The Bertz CT molecular complexity index is 829. The summed E-state index contributed by atoms with van der Waals surface area (Å²) in [6.07, 6.45) is 1.60. The molecule has 1 aliphatic rings. The van der Waals surface area contributed by atoms with Crippen molar-refractivity contribution in [3.63, 3.8) is 0 Å². The van der Waals surface area contributed by atoms with Crippen LogP contribution >= 0.6 is 0 Å². The average molecular weight is 370 g/mol. The second-order valence-electron chi connectivity index (χ2n) is 8.54. The molecule has 0 aliphatic carbocycles. The first-order chi connectivity index (χ1) is 12.7. The minimum Gasteiger partial charge on any atom is -0.444 e. The summed E-state index contributed by atoms with van der Waals surface area (Å²) in [6.45, 7) is 12.1. The topological polar surface area (TPSA) is 71.7 Å². The zero-order chi connectivity index (χ0) is 19.8. The summed E-state index contributed by atoms with van der Waals surface area (Å²) in [7, 11) is 0. The monoisotopic (exact) mass is 370 g/mol. The Morgan fingerprint density at radius 1 is 1.26 bits per heavy atom. The highest BCUT2D eigenvalue weighted by molar-refractivity contribution is 5.93. The van der Waals surface area contributed by atoms with E-state index < -0.39 is 5.60 Å². The third-order valence-electron chi connectivity index (χ3n) is 4.90. The van der Waals surface area contributed by atoms with Crippen LogP contribution in [-0.4, -0.2) is 47.3 Å². The maximum atomic E-state index is 12.7. The first-order valence-electron chi connectivity index (χ1n) is 9.54. The van der Waals surface area contributed by atoms with Crippen molar-refractivity contribution >= 4 is 28.4 Å². The summed E-state index contributed by atoms with van der Waals surface area (Å²) < 4.78 is 5.63. The van der Waals surface area contributed by atoms with Crippen molar-refractivity contribution in [2.24, 2.45) is 5.92 Å². The minimum absolute atomic E-state index is 0.0814. The lowest BCUT2D eigenvalue weighted by Crippen LogP contribution is -2.58. The molecule has 0 bridgehead atoms. The summed E-state index contributed by atoms with van der Waals surface area (Å²) in [4.78, 5) is 21.3. The Hall–Kier alpha value is -2.50. The molecule has 0 spiro atoms. The van der Waals surface area contributed by atoms with Crippen LogP contribution in [0.15, 0.2) is 30.5 Å². The lowest BCUT2D eigenvalue weighted by Gasteiger charge is -2.44. The van der Waals surface area contributed by atoms with E-state index in [1.165, 1.54) is 0 Å². The number of anilines is 2. The van der Waals surface area contributed by atoms with Gasteiger partial charge in [0.05, 0.1) is 11.6 Å². The minimum atomic E-state index is -0.491. The van der Waals surface area contributed by atoms with E-state index >= 15 is 0 Å². The number of hydrogen-bond donors (Lipinski definition) is 1. The molecule has 6 nitrogen and oxygen atoms in total. The number of ether oxygens (including phenoxy) is 1. The van der Waals surface area contributed by atoms with Crippen LogP contribution in [0.3, 0.4) is 0 Å². The maximum absolute atomic E-state index is 12.7. The molecule has 146 valence electrons. The molecule has 0 saturated carbocycles. The molecule has 0 unspecified atom stereocenters. The van der Waals surface area contributed by atoms with Crippen molar-refractivity contribution in [2.45, 2.75) is 46.3 Å². The number of nitrogen functional groups attached to an aromatic ring is 1. The van der Waals surface area contributed by atoms with Gasteiger partial charge in [-0.25, -0.2) is 4.79 Å². The van der Waals surface area contributed by atoms with Crippen LogP contribution in [0.25, 0.3) is 10.9 Å². The van der Waals surface area contributed by atoms with Gasteiger partial charge in [0.15, 0.2) is 0 Å². The molecule has 2 N–H and O–H groups in total. The number of amides is 1.